The first-order valence-corrected chi connectivity index (χ1v) is 10.6. The summed E-state index contributed by atoms with van der Waals surface area (Å²) in [6, 6.07) is 5.78. The van der Waals surface area contributed by atoms with Crippen LogP contribution in [-0.4, -0.2) is 19.8 Å². The summed E-state index contributed by atoms with van der Waals surface area (Å²) in [4.78, 5) is 0. The number of halogens is 3. The Hall–Kier alpha value is -2.17. The van der Waals surface area contributed by atoms with Gasteiger partial charge in [-0.3, -0.25) is 0 Å². The Bertz CT molecular complexity index is 877. The molecule has 0 saturated heterocycles. The van der Waals surface area contributed by atoms with Crippen molar-refractivity contribution in [2.75, 3.05) is 19.0 Å². The number of nitrogens with one attached hydrogen (secondary N) is 1. The van der Waals surface area contributed by atoms with E-state index in [0.717, 1.165) is 59.4 Å². The van der Waals surface area contributed by atoms with E-state index in [2.05, 4.69) is 11.9 Å². The van der Waals surface area contributed by atoms with Gasteiger partial charge < -0.3 is 10.1 Å². The lowest BCUT2D eigenvalue weighted by Gasteiger charge is -2.35. The Morgan fingerprint density at radius 1 is 1.13 bits per heavy atom. The molecule has 5 heteroatoms. The highest BCUT2D eigenvalue weighted by Gasteiger charge is 2.43. The van der Waals surface area contributed by atoms with Crippen molar-refractivity contribution < 1.29 is 17.9 Å². The minimum Gasteiger partial charge on any atom is -0.501 e. The van der Waals surface area contributed by atoms with Crippen LogP contribution in [-0.2, 0) is 11.2 Å². The number of alkyl halides is 3. The van der Waals surface area contributed by atoms with Gasteiger partial charge in [-0.05, 0) is 72.4 Å². The van der Waals surface area contributed by atoms with Crippen LogP contribution in [0.5, 0.6) is 0 Å². The first kappa shape index (κ1) is 22.5. The lowest BCUT2D eigenvalue weighted by molar-refractivity contribution is -0.177. The molecule has 0 radical (unpaired) electrons. The highest BCUT2D eigenvalue weighted by Crippen LogP contribution is 2.44. The third-order valence-electron chi connectivity index (χ3n) is 6.37. The molecule has 1 N–H and O–H groups in total. The third-order valence-corrected chi connectivity index (χ3v) is 6.37. The Labute approximate surface area is 177 Å². The molecule has 2 aliphatic rings. The molecule has 30 heavy (non-hydrogen) atoms. The zero-order chi connectivity index (χ0) is 22.1. The predicted octanol–water partition coefficient (Wildman–Crippen LogP) is 7.29. The van der Waals surface area contributed by atoms with Gasteiger partial charge in [0.25, 0.3) is 0 Å². The first-order valence-electron chi connectivity index (χ1n) is 10.6. The standard InChI is InChI=1S/C25H32F3NO/c1-16-6-11-23(30-5)22(12-16)24(3,4)14-19(25(26,27)28)15-29-20-9-10-21-17(2)7-8-18(21)13-20/h9-10,12-13,19,29H,2,6-8,11,14-15H2,1,3-5H3. The van der Waals surface area contributed by atoms with Gasteiger partial charge in [-0.15, -0.1) is 0 Å². The molecule has 2 nitrogen and oxygen atoms in total. The Kier molecular flexibility index (Phi) is 6.40. The van der Waals surface area contributed by atoms with Crippen molar-refractivity contribution in [3.63, 3.8) is 0 Å². The van der Waals surface area contributed by atoms with Crippen LogP contribution in [0.4, 0.5) is 18.9 Å². The average Bonchev–Trinajstić information content (AvgIpc) is 3.04. The predicted molar refractivity (Wildman–Crippen MR) is 117 cm³/mol. The zero-order valence-electron chi connectivity index (χ0n) is 18.4. The van der Waals surface area contributed by atoms with Gasteiger partial charge in [-0.2, -0.15) is 13.2 Å². The van der Waals surface area contributed by atoms with Crippen LogP contribution in [0.25, 0.3) is 5.57 Å². The van der Waals surface area contributed by atoms with Gasteiger partial charge in [0, 0.05) is 18.7 Å². The molecule has 3 rings (SSSR count). The molecule has 1 unspecified atom stereocenters. The number of hydrogen-bond donors (Lipinski definition) is 1. The minimum absolute atomic E-state index is 0.00276. The normalized spacial score (nSPS) is 18.2. The van der Waals surface area contributed by atoms with E-state index in [9.17, 15) is 13.2 Å². The molecule has 164 valence electrons. The van der Waals surface area contributed by atoms with Crippen LogP contribution >= 0.6 is 0 Å². The second kappa shape index (κ2) is 8.52. The van der Waals surface area contributed by atoms with Crippen molar-refractivity contribution in [2.45, 2.75) is 59.1 Å². The maximum atomic E-state index is 13.9. The number of benzene rings is 1. The summed E-state index contributed by atoms with van der Waals surface area (Å²) in [6.45, 7) is 9.69. The van der Waals surface area contributed by atoms with E-state index < -0.39 is 17.5 Å². The fourth-order valence-electron chi connectivity index (χ4n) is 4.58. The third kappa shape index (κ3) is 4.93. The van der Waals surface area contributed by atoms with Crippen LogP contribution in [0.3, 0.4) is 0 Å². The minimum atomic E-state index is -4.28. The fourth-order valence-corrected chi connectivity index (χ4v) is 4.58. The molecule has 0 amide bonds. The number of rotatable bonds is 7. The Morgan fingerprint density at radius 3 is 2.53 bits per heavy atom. The molecule has 0 aliphatic heterocycles. The second-order valence-corrected chi connectivity index (χ2v) is 9.21. The first-order chi connectivity index (χ1) is 14.0. The zero-order valence-corrected chi connectivity index (χ0v) is 18.4. The molecule has 2 aliphatic carbocycles. The highest BCUT2D eigenvalue weighted by atomic mass is 19.4. The average molecular weight is 420 g/mol. The summed E-state index contributed by atoms with van der Waals surface area (Å²) in [5.74, 6) is -0.657. The number of aryl methyl sites for hydroxylation is 1. The van der Waals surface area contributed by atoms with Crippen molar-refractivity contribution in [3.8, 4) is 0 Å². The summed E-state index contributed by atoms with van der Waals surface area (Å²) >= 11 is 0. The van der Waals surface area contributed by atoms with Gasteiger partial charge in [-0.25, -0.2) is 0 Å². The van der Waals surface area contributed by atoms with Crippen LogP contribution in [0.1, 0.15) is 57.6 Å². The smallest absolute Gasteiger partial charge is 0.393 e. The molecule has 0 fully saturated rings. The van der Waals surface area contributed by atoms with Crippen LogP contribution in [0, 0.1) is 11.3 Å². The summed E-state index contributed by atoms with van der Waals surface area (Å²) in [5.41, 5.74) is 5.55. The van der Waals surface area contributed by atoms with Crippen LogP contribution in [0.15, 0.2) is 47.8 Å². The second-order valence-electron chi connectivity index (χ2n) is 9.21. The number of methoxy groups -OCH3 is 1. The maximum absolute atomic E-state index is 13.9. The van der Waals surface area contributed by atoms with Crippen molar-refractivity contribution >= 4 is 11.3 Å². The van der Waals surface area contributed by atoms with Crippen molar-refractivity contribution in [2.24, 2.45) is 11.3 Å². The van der Waals surface area contributed by atoms with Crippen molar-refractivity contribution in [3.05, 3.63) is 58.9 Å². The molecule has 1 atom stereocenters. The van der Waals surface area contributed by atoms with Gasteiger partial charge in [-0.1, -0.05) is 38.1 Å². The van der Waals surface area contributed by atoms with E-state index in [1.807, 2.05) is 45.0 Å². The molecule has 0 spiro atoms. The molecular formula is C25H32F3NO. The Balaban J connectivity index is 1.77. The van der Waals surface area contributed by atoms with Gasteiger partial charge in [0.2, 0.25) is 0 Å². The molecule has 0 aromatic heterocycles. The lowest BCUT2D eigenvalue weighted by atomic mass is 9.73. The van der Waals surface area contributed by atoms with Gasteiger partial charge in [0.15, 0.2) is 0 Å². The molecule has 1 aromatic carbocycles. The summed E-state index contributed by atoms with van der Waals surface area (Å²) in [5, 5.41) is 3.04. The maximum Gasteiger partial charge on any atom is 0.393 e. The topological polar surface area (TPSA) is 21.3 Å². The molecule has 1 aromatic rings. The number of fused-ring (bicyclic) bond motifs is 1. The summed E-state index contributed by atoms with van der Waals surface area (Å²) in [7, 11) is 1.60. The monoisotopic (exact) mass is 419 g/mol. The van der Waals surface area contributed by atoms with Crippen LogP contribution in [0.2, 0.25) is 0 Å². The lowest BCUT2D eigenvalue weighted by Crippen LogP contribution is -2.35. The number of hydrogen-bond acceptors (Lipinski definition) is 2. The summed E-state index contributed by atoms with van der Waals surface area (Å²) in [6.07, 6.45) is 1.18. The molecular weight excluding hydrogens is 387 g/mol. The van der Waals surface area contributed by atoms with Gasteiger partial charge in [0.05, 0.1) is 18.8 Å². The number of anilines is 1. The molecule has 0 heterocycles. The van der Waals surface area contributed by atoms with E-state index in [1.54, 1.807) is 7.11 Å². The fraction of sp³-hybridized carbons (Fsp3) is 0.520. The summed E-state index contributed by atoms with van der Waals surface area (Å²) < 4.78 is 47.3. The van der Waals surface area contributed by atoms with Gasteiger partial charge >= 0.3 is 6.18 Å². The van der Waals surface area contributed by atoms with E-state index in [-0.39, 0.29) is 13.0 Å². The Morgan fingerprint density at radius 2 is 1.87 bits per heavy atom. The van der Waals surface area contributed by atoms with E-state index >= 15 is 0 Å². The quantitative estimate of drug-likeness (QED) is 0.501. The van der Waals surface area contributed by atoms with Gasteiger partial charge in [0.1, 0.15) is 0 Å². The largest absolute Gasteiger partial charge is 0.501 e. The van der Waals surface area contributed by atoms with E-state index in [1.165, 1.54) is 5.57 Å². The molecule has 0 bridgehead atoms. The van der Waals surface area contributed by atoms with Crippen LogP contribution < -0.4 is 5.32 Å². The van der Waals surface area contributed by atoms with Crippen molar-refractivity contribution in [1.82, 2.24) is 0 Å². The van der Waals surface area contributed by atoms with E-state index in [0.29, 0.717) is 0 Å². The van der Waals surface area contributed by atoms with Crippen molar-refractivity contribution in [1.29, 1.82) is 0 Å². The SMILES string of the molecule is C=C1CCc2cc(NCC(CC(C)(C)C3=C(OC)CCC(C)=C3)C(F)(F)F)ccc21. The van der Waals surface area contributed by atoms with E-state index in [4.69, 9.17) is 4.74 Å². The highest BCUT2D eigenvalue weighted by molar-refractivity contribution is 5.72. The molecule has 0 saturated carbocycles. The number of allylic oxidation sites excluding steroid dienone is 5. The number of ether oxygens (including phenoxy) is 1.